The molecule has 1 aromatic carbocycles. The van der Waals surface area contributed by atoms with E-state index in [0.29, 0.717) is 13.0 Å². The monoisotopic (exact) mass is 432 g/mol. The highest BCUT2D eigenvalue weighted by atomic mass is 127. The predicted octanol–water partition coefficient (Wildman–Crippen LogP) is 2.32. The van der Waals surface area contributed by atoms with Crippen molar-refractivity contribution in [2.24, 2.45) is 4.99 Å². The molecule has 130 valence electrons. The zero-order valence-electron chi connectivity index (χ0n) is 14.1. The number of hydrogen-bond acceptors (Lipinski definition) is 2. The van der Waals surface area contributed by atoms with Gasteiger partial charge in [0.2, 0.25) is 5.91 Å². The van der Waals surface area contributed by atoms with Gasteiger partial charge in [0.1, 0.15) is 0 Å². The van der Waals surface area contributed by atoms with Crippen LogP contribution < -0.4 is 16.0 Å². The quantitative estimate of drug-likeness (QED) is 0.243. The van der Waals surface area contributed by atoms with E-state index in [1.54, 1.807) is 7.05 Å². The highest BCUT2D eigenvalue weighted by Gasteiger charge is 2.01. The maximum Gasteiger partial charge on any atom is 0.221 e. The van der Waals surface area contributed by atoms with Gasteiger partial charge in [-0.1, -0.05) is 37.3 Å². The van der Waals surface area contributed by atoms with Crippen LogP contribution in [0, 0.1) is 0 Å². The van der Waals surface area contributed by atoms with Crippen molar-refractivity contribution in [3.8, 4) is 0 Å². The summed E-state index contributed by atoms with van der Waals surface area (Å²) < 4.78 is 0. The Morgan fingerprint density at radius 3 is 2.39 bits per heavy atom. The molecule has 5 nitrogen and oxygen atoms in total. The smallest absolute Gasteiger partial charge is 0.221 e. The average molecular weight is 432 g/mol. The van der Waals surface area contributed by atoms with E-state index in [9.17, 15) is 4.79 Å². The summed E-state index contributed by atoms with van der Waals surface area (Å²) in [6.07, 6.45) is 3.51. The molecule has 0 aliphatic rings. The molecule has 1 rings (SSSR count). The molecule has 1 aromatic rings. The summed E-state index contributed by atoms with van der Waals surface area (Å²) in [6, 6.07) is 10.4. The van der Waals surface area contributed by atoms with E-state index in [1.807, 2.05) is 13.0 Å². The van der Waals surface area contributed by atoms with Gasteiger partial charge in [0, 0.05) is 33.1 Å². The van der Waals surface area contributed by atoms with Gasteiger partial charge in [-0.15, -0.1) is 24.0 Å². The highest BCUT2D eigenvalue weighted by Crippen LogP contribution is 2.01. The SMILES string of the molecule is CCCNC(=O)CCNC(=NC)NCCCc1ccccc1.I. The van der Waals surface area contributed by atoms with Crippen molar-refractivity contribution in [2.75, 3.05) is 26.7 Å². The first-order valence-electron chi connectivity index (χ1n) is 8.01. The van der Waals surface area contributed by atoms with E-state index in [-0.39, 0.29) is 29.9 Å². The minimum absolute atomic E-state index is 0. The maximum absolute atomic E-state index is 11.5. The van der Waals surface area contributed by atoms with Gasteiger partial charge in [-0.05, 0) is 24.8 Å². The molecule has 0 radical (unpaired) electrons. The van der Waals surface area contributed by atoms with Gasteiger partial charge in [-0.25, -0.2) is 0 Å². The number of carbonyl (C=O) groups is 1. The molecule has 0 saturated heterocycles. The molecule has 23 heavy (non-hydrogen) atoms. The normalized spacial score (nSPS) is 10.6. The molecule has 3 N–H and O–H groups in total. The minimum Gasteiger partial charge on any atom is -0.356 e. The van der Waals surface area contributed by atoms with Crippen molar-refractivity contribution in [1.82, 2.24) is 16.0 Å². The maximum atomic E-state index is 11.5. The first kappa shape index (κ1) is 21.7. The molecule has 0 heterocycles. The number of carbonyl (C=O) groups excluding carboxylic acids is 1. The van der Waals surface area contributed by atoms with E-state index in [4.69, 9.17) is 0 Å². The standard InChI is InChI=1S/C17H28N4O.HI/c1-3-12-19-16(22)11-14-21-17(18-2)20-13-7-10-15-8-5-4-6-9-15;/h4-6,8-9H,3,7,10-14H2,1-2H3,(H,19,22)(H2,18,20,21);1H. The Morgan fingerprint density at radius 2 is 1.74 bits per heavy atom. The van der Waals surface area contributed by atoms with Crippen molar-refractivity contribution < 1.29 is 4.79 Å². The third kappa shape index (κ3) is 11.0. The summed E-state index contributed by atoms with van der Waals surface area (Å²) in [6.45, 7) is 4.23. The van der Waals surface area contributed by atoms with Crippen LogP contribution in [0.15, 0.2) is 35.3 Å². The Kier molecular flexibility index (Phi) is 13.5. The van der Waals surface area contributed by atoms with Gasteiger partial charge < -0.3 is 16.0 Å². The second-order valence-electron chi connectivity index (χ2n) is 5.11. The van der Waals surface area contributed by atoms with E-state index >= 15 is 0 Å². The lowest BCUT2D eigenvalue weighted by atomic mass is 10.1. The highest BCUT2D eigenvalue weighted by molar-refractivity contribution is 14.0. The number of nitrogens with zero attached hydrogens (tertiary/aromatic N) is 1. The summed E-state index contributed by atoms with van der Waals surface area (Å²) in [7, 11) is 1.74. The molecule has 0 unspecified atom stereocenters. The van der Waals surface area contributed by atoms with E-state index in [1.165, 1.54) is 5.56 Å². The Hall–Kier alpha value is -1.31. The Bertz CT molecular complexity index is 451. The van der Waals surface area contributed by atoms with Crippen molar-refractivity contribution in [3.05, 3.63) is 35.9 Å². The van der Waals surface area contributed by atoms with E-state index < -0.39 is 0 Å². The number of benzene rings is 1. The molecule has 0 saturated carbocycles. The lowest BCUT2D eigenvalue weighted by Gasteiger charge is -2.11. The zero-order valence-corrected chi connectivity index (χ0v) is 16.4. The molecule has 0 atom stereocenters. The number of amides is 1. The molecular weight excluding hydrogens is 403 g/mol. The van der Waals surface area contributed by atoms with Gasteiger partial charge in [-0.3, -0.25) is 9.79 Å². The third-order valence-electron chi connectivity index (χ3n) is 3.22. The number of aryl methyl sites for hydroxylation is 1. The van der Waals surface area contributed by atoms with Crippen LogP contribution in [-0.4, -0.2) is 38.5 Å². The minimum atomic E-state index is 0. The Balaban J connectivity index is 0.00000484. The van der Waals surface area contributed by atoms with Crippen LogP contribution in [-0.2, 0) is 11.2 Å². The number of nitrogens with one attached hydrogen (secondary N) is 3. The van der Waals surface area contributed by atoms with Crippen LogP contribution in [0.5, 0.6) is 0 Å². The molecule has 1 amide bonds. The number of rotatable bonds is 9. The zero-order chi connectivity index (χ0) is 16.0. The van der Waals surface area contributed by atoms with Crippen LogP contribution in [0.3, 0.4) is 0 Å². The van der Waals surface area contributed by atoms with Crippen molar-refractivity contribution >= 4 is 35.8 Å². The first-order chi connectivity index (χ1) is 10.8. The second kappa shape index (κ2) is 14.3. The molecule has 0 bridgehead atoms. The predicted molar refractivity (Wildman–Crippen MR) is 107 cm³/mol. The Labute approximate surface area is 156 Å². The first-order valence-corrected chi connectivity index (χ1v) is 8.01. The largest absolute Gasteiger partial charge is 0.356 e. The van der Waals surface area contributed by atoms with Gasteiger partial charge in [0.15, 0.2) is 5.96 Å². The molecule has 6 heteroatoms. The Morgan fingerprint density at radius 1 is 1.04 bits per heavy atom. The van der Waals surface area contributed by atoms with Crippen LogP contribution in [0.1, 0.15) is 31.7 Å². The topological polar surface area (TPSA) is 65.5 Å². The van der Waals surface area contributed by atoms with Crippen LogP contribution >= 0.6 is 24.0 Å². The van der Waals surface area contributed by atoms with E-state index in [2.05, 4.69) is 45.2 Å². The summed E-state index contributed by atoms with van der Waals surface area (Å²) in [5.41, 5.74) is 1.35. The average Bonchev–Trinajstić information content (AvgIpc) is 2.56. The molecule has 0 aliphatic heterocycles. The van der Waals surface area contributed by atoms with Crippen molar-refractivity contribution in [2.45, 2.75) is 32.6 Å². The van der Waals surface area contributed by atoms with Crippen LogP contribution in [0.25, 0.3) is 0 Å². The van der Waals surface area contributed by atoms with Crippen LogP contribution in [0.4, 0.5) is 0 Å². The molecule has 0 fully saturated rings. The summed E-state index contributed by atoms with van der Waals surface area (Å²) in [4.78, 5) is 15.6. The van der Waals surface area contributed by atoms with Crippen molar-refractivity contribution in [3.63, 3.8) is 0 Å². The van der Waals surface area contributed by atoms with Gasteiger partial charge in [-0.2, -0.15) is 0 Å². The molecule has 0 aliphatic carbocycles. The lowest BCUT2D eigenvalue weighted by molar-refractivity contribution is -0.120. The number of aliphatic imine (C=N–C) groups is 1. The summed E-state index contributed by atoms with van der Waals surface area (Å²) in [5, 5.41) is 9.27. The van der Waals surface area contributed by atoms with Crippen molar-refractivity contribution in [1.29, 1.82) is 0 Å². The fourth-order valence-corrected chi connectivity index (χ4v) is 2.01. The summed E-state index contributed by atoms with van der Waals surface area (Å²) in [5.74, 6) is 0.824. The molecule has 0 aromatic heterocycles. The molecular formula is C17H29IN4O. The fourth-order valence-electron chi connectivity index (χ4n) is 2.01. The third-order valence-corrected chi connectivity index (χ3v) is 3.22. The van der Waals surface area contributed by atoms with E-state index in [0.717, 1.165) is 38.3 Å². The second-order valence-corrected chi connectivity index (χ2v) is 5.11. The number of guanidine groups is 1. The van der Waals surface area contributed by atoms with Gasteiger partial charge in [0.25, 0.3) is 0 Å². The fraction of sp³-hybridized carbons (Fsp3) is 0.529. The van der Waals surface area contributed by atoms with Gasteiger partial charge >= 0.3 is 0 Å². The molecule has 0 spiro atoms. The number of halogens is 1. The van der Waals surface area contributed by atoms with Gasteiger partial charge in [0.05, 0.1) is 0 Å². The lowest BCUT2D eigenvalue weighted by Crippen LogP contribution is -2.39. The number of hydrogen-bond donors (Lipinski definition) is 3. The summed E-state index contributed by atoms with van der Waals surface area (Å²) >= 11 is 0. The van der Waals surface area contributed by atoms with Crippen LogP contribution in [0.2, 0.25) is 0 Å².